The maximum Gasteiger partial charge on any atom is 0.270 e. The number of nitrogens with zero attached hydrogens (tertiary/aromatic N) is 2. The van der Waals surface area contributed by atoms with Crippen LogP contribution in [-0.2, 0) is 0 Å². The van der Waals surface area contributed by atoms with Crippen molar-refractivity contribution in [3.63, 3.8) is 0 Å². The van der Waals surface area contributed by atoms with E-state index in [0.717, 1.165) is 12.0 Å². The Bertz CT molecular complexity index is 670. The summed E-state index contributed by atoms with van der Waals surface area (Å²) in [5, 5.41) is 6.25. The minimum Gasteiger partial charge on any atom is -0.363 e. The van der Waals surface area contributed by atoms with Gasteiger partial charge in [0, 0.05) is 18.7 Å². The zero-order chi connectivity index (χ0) is 17.5. The van der Waals surface area contributed by atoms with Gasteiger partial charge in [-0.3, -0.25) is 4.79 Å². The molecular weight excluding hydrogens is 300 g/mol. The molecule has 0 fully saturated rings. The fraction of sp³-hybridized carbons (Fsp3) is 0.421. The SMILES string of the molecule is Cc1nc(NC(C)c2ccccc2)cc(C(=O)NCCC(C)C)n1. The fourth-order valence-corrected chi connectivity index (χ4v) is 2.37. The maximum atomic E-state index is 12.3. The summed E-state index contributed by atoms with van der Waals surface area (Å²) >= 11 is 0. The third-order valence-electron chi connectivity index (χ3n) is 3.74. The highest BCUT2D eigenvalue weighted by atomic mass is 16.1. The molecule has 24 heavy (non-hydrogen) atoms. The van der Waals surface area contributed by atoms with Crippen LogP contribution in [0.5, 0.6) is 0 Å². The Labute approximate surface area is 143 Å². The molecule has 0 aliphatic carbocycles. The van der Waals surface area contributed by atoms with Gasteiger partial charge in [0.2, 0.25) is 0 Å². The lowest BCUT2D eigenvalue weighted by Gasteiger charge is -2.16. The largest absolute Gasteiger partial charge is 0.363 e. The van der Waals surface area contributed by atoms with Crippen LogP contribution in [-0.4, -0.2) is 22.4 Å². The molecule has 128 valence electrons. The first-order valence-electron chi connectivity index (χ1n) is 8.41. The van der Waals surface area contributed by atoms with Gasteiger partial charge < -0.3 is 10.6 Å². The van der Waals surface area contributed by atoms with Crippen molar-refractivity contribution >= 4 is 11.7 Å². The van der Waals surface area contributed by atoms with Gasteiger partial charge in [0.25, 0.3) is 5.91 Å². The molecule has 1 unspecified atom stereocenters. The van der Waals surface area contributed by atoms with Gasteiger partial charge in [-0.25, -0.2) is 9.97 Å². The number of benzene rings is 1. The van der Waals surface area contributed by atoms with Crippen molar-refractivity contribution in [2.45, 2.75) is 40.2 Å². The lowest BCUT2D eigenvalue weighted by molar-refractivity contribution is 0.0946. The van der Waals surface area contributed by atoms with Gasteiger partial charge in [-0.15, -0.1) is 0 Å². The minimum atomic E-state index is -0.156. The number of amides is 1. The van der Waals surface area contributed by atoms with Gasteiger partial charge >= 0.3 is 0 Å². The first-order valence-corrected chi connectivity index (χ1v) is 8.41. The summed E-state index contributed by atoms with van der Waals surface area (Å²) in [4.78, 5) is 20.9. The molecule has 0 saturated heterocycles. The zero-order valence-corrected chi connectivity index (χ0v) is 14.8. The molecule has 5 nitrogen and oxygen atoms in total. The van der Waals surface area contributed by atoms with Crippen molar-refractivity contribution in [3.8, 4) is 0 Å². The van der Waals surface area contributed by atoms with E-state index in [2.05, 4.69) is 53.5 Å². The molecule has 0 aliphatic rings. The van der Waals surface area contributed by atoms with Gasteiger partial charge in [0.1, 0.15) is 17.3 Å². The highest BCUT2D eigenvalue weighted by Crippen LogP contribution is 2.18. The van der Waals surface area contributed by atoms with Crippen LogP contribution in [0.3, 0.4) is 0 Å². The van der Waals surface area contributed by atoms with Crippen LogP contribution in [0, 0.1) is 12.8 Å². The summed E-state index contributed by atoms with van der Waals surface area (Å²) in [6.45, 7) is 8.78. The zero-order valence-electron chi connectivity index (χ0n) is 14.8. The van der Waals surface area contributed by atoms with Crippen molar-refractivity contribution in [1.29, 1.82) is 0 Å². The molecule has 0 aliphatic heterocycles. The van der Waals surface area contributed by atoms with Crippen LogP contribution >= 0.6 is 0 Å². The highest BCUT2D eigenvalue weighted by Gasteiger charge is 2.12. The van der Waals surface area contributed by atoms with Crippen LogP contribution in [0.4, 0.5) is 5.82 Å². The summed E-state index contributed by atoms with van der Waals surface area (Å²) in [7, 11) is 0. The van der Waals surface area contributed by atoms with E-state index in [9.17, 15) is 4.79 Å². The van der Waals surface area contributed by atoms with E-state index in [1.807, 2.05) is 18.2 Å². The molecule has 1 aromatic carbocycles. The van der Waals surface area contributed by atoms with Crippen LogP contribution in [0.25, 0.3) is 0 Å². The molecule has 1 heterocycles. The van der Waals surface area contributed by atoms with E-state index in [-0.39, 0.29) is 11.9 Å². The number of carbonyl (C=O) groups is 1. The predicted molar refractivity (Wildman–Crippen MR) is 97.0 cm³/mol. The number of rotatable bonds is 7. The van der Waals surface area contributed by atoms with Crippen molar-refractivity contribution < 1.29 is 4.79 Å². The molecule has 2 rings (SSSR count). The van der Waals surface area contributed by atoms with E-state index in [0.29, 0.717) is 29.8 Å². The van der Waals surface area contributed by atoms with E-state index in [1.54, 1.807) is 13.0 Å². The third kappa shape index (κ3) is 5.33. The number of aryl methyl sites for hydroxylation is 1. The van der Waals surface area contributed by atoms with Crippen LogP contribution in [0.1, 0.15) is 55.1 Å². The second kappa shape index (κ2) is 8.43. The molecule has 0 spiro atoms. The lowest BCUT2D eigenvalue weighted by atomic mass is 10.1. The number of carbonyl (C=O) groups excluding carboxylic acids is 1. The van der Waals surface area contributed by atoms with Crippen LogP contribution in [0.2, 0.25) is 0 Å². The van der Waals surface area contributed by atoms with Crippen LogP contribution < -0.4 is 10.6 Å². The molecule has 0 saturated carbocycles. The first kappa shape index (κ1) is 17.9. The van der Waals surface area contributed by atoms with Gasteiger partial charge in [-0.1, -0.05) is 44.2 Å². The molecule has 2 aromatic rings. The summed E-state index contributed by atoms with van der Waals surface area (Å²) in [6.07, 6.45) is 0.950. The lowest BCUT2D eigenvalue weighted by Crippen LogP contribution is -2.26. The maximum absolute atomic E-state index is 12.3. The fourth-order valence-electron chi connectivity index (χ4n) is 2.37. The number of aromatic nitrogens is 2. The Morgan fingerprint density at radius 2 is 1.83 bits per heavy atom. The Morgan fingerprint density at radius 3 is 2.50 bits per heavy atom. The predicted octanol–water partition coefficient (Wildman–Crippen LogP) is 3.73. The summed E-state index contributed by atoms with van der Waals surface area (Å²) in [5.41, 5.74) is 1.56. The van der Waals surface area contributed by atoms with Gasteiger partial charge in [0.05, 0.1) is 0 Å². The average Bonchev–Trinajstić information content (AvgIpc) is 2.54. The molecule has 1 aromatic heterocycles. The molecule has 1 atom stereocenters. The standard InChI is InChI=1S/C19H26N4O/c1-13(2)10-11-20-19(24)17-12-18(23-15(4)22-17)21-14(3)16-8-6-5-7-9-16/h5-9,12-14H,10-11H2,1-4H3,(H,20,24)(H,21,22,23). The molecule has 0 bridgehead atoms. The molecule has 0 radical (unpaired) electrons. The number of anilines is 1. The van der Waals surface area contributed by atoms with Crippen LogP contribution in [0.15, 0.2) is 36.4 Å². The Morgan fingerprint density at radius 1 is 1.12 bits per heavy atom. The number of hydrogen-bond donors (Lipinski definition) is 2. The molecule has 5 heteroatoms. The van der Waals surface area contributed by atoms with E-state index in [4.69, 9.17) is 0 Å². The minimum absolute atomic E-state index is 0.0948. The van der Waals surface area contributed by atoms with Crippen molar-refractivity contribution in [2.75, 3.05) is 11.9 Å². The normalized spacial score (nSPS) is 12.0. The quantitative estimate of drug-likeness (QED) is 0.813. The molecule has 2 N–H and O–H groups in total. The Balaban J connectivity index is 2.06. The van der Waals surface area contributed by atoms with Gasteiger partial charge in [-0.2, -0.15) is 0 Å². The second-order valence-corrected chi connectivity index (χ2v) is 6.40. The average molecular weight is 326 g/mol. The van der Waals surface area contributed by atoms with Crippen molar-refractivity contribution in [1.82, 2.24) is 15.3 Å². The summed E-state index contributed by atoms with van der Waals surface area (Å²) < 4.78 is 0. The topological polar surface area (TPSA) is 66.9 Å². The van der Waals surface area contributed by atoms with E-state index in [1.165, 1.54) is 0 Å². The Kier molecular flexibility index (Phi) is 6.29. The van der Waals surface area contributed by atoms with Gasteiger partial charge in [-0.05, 0) is 31.7 Å². The van der Waals surface area contributed by atoms with Crippen molar-refractivity contribution in [2.24, 2.45) is 5.92 Å². The van der Waals surface area contributed by atoms with Gasteiger partial charge in [0.15, 0.2) is 0 Å². The Hall–Kier alpha value is -2.43. The van der Waals surface area contributed by atoms with E-state index >= 15 is 0 Å². The summed E-state index contributed by atoms with van der Waals surface area (Å²) in [5.74, 6) is 1.64. The molecular formula is C19H26N4O. The first-order chi connectivity index (χ1) is 11.5. The second-order valence-electron chi connectivity index (χ2n) is 6.40. The third-order valence-corrected chi connectivity index (χ3v) is 3.74. The summed E-state index contributed by atoms with van der Waals surface area (Å²) in [6, 6.07) is 11.9. The molecule has 1 amide bonds. The number of nitrogens with one attached hydrogen (secondary N) is 2. The van der Waals surface area contributed by atoms with E-state index < -0.39 is 0 Å². The van der Waals surface area contributed by atoms with Crippen molar-refractivity contribution in [3.05, 3.63) is 53.5 Å². The highest BCUT2D eigenvalue weighted by molar-refractivity contribution is 5.92. The smallest absolute Gasteiger partial charge is 0.270 e. The number of hydrogen-bond acceptors (Lipinski definition) is 4. The monoisotopic (exact) mass is 326 g/mol.